The van der Waals surface area contributed by atoms with E-state index in [1.54, 1.807) is 14.2 Å². The Labute approximate surface area is 121 Å². The first kappa shape index (κ1) is 15.1. The largest absolute Gasteiger partial charge is 0.493 e. The SMILES string of the molecule is COc1ccc(CC(C)(CN)NCC2CC2)cc1OC. The third kappa shape index (κ3) is 3.87. The Balaban J connectivity index is 2.05. The van der Waals surface area contributed by atoms with E-state index in [2.05, 4.69) is 18.3 Å². The molecule has 1 aromatic rings. The van der Waals surface area contributed by atoms with Gasteiger partial charge in [0, 0.05) is 12.1 Å². The lowest BCUT2D eigenvalue weighted by molar-refractivity contribution is 0.346. The predicted octanol–water partition coefficient (Wildman–Crippen LogP) is 1.96. The van der Waals surface area contributed by atoms with Crippen LogP contribution < -0.4 is 20.5 Å². The quantitative estimate of drug-likeness (QED) is 0.763. The average Bonchev–Trinajstić information content (AvgIpc) is 3.29. The summed E-state index contributed by atoms with van der Waals surface area (Å²) in [7, 11) is 3.31. The molecule has 4 heteroatoms. The zero-order valence-corrected chi connectivity index (χ0v) is 12.7. The van der Waals surface area contributed by atoms with Crippen LogP contribution in [0, 0.1) is 5.92 Å². The van der Waals surface area contributed by atoms with Crippen LogP contribution >= 0.6 is 0 Å². The summed E-state index contributed by atoms with van der Waals surface area (Å²) < 4.78 is 10.6. The van der Waals surface area contributed by atoms with E-state index in [1.807, 2.05) is 12.1 Å². The van der Waals surface area contributed by atoms with Crippen molar-refractivity contribution >= 4 is 0 Å². The molecular formula is C16H26N2O2. The van der Waals surface area contributed by atoms with Crippen LogP contribution in [-0.4, -0.2) is 32.8 Å². The molecular weight excluding hydrogens is 252 g/mol. The molecule has 1 unspecified atom stereocenters. The Morgan fingerprint density at radius 1 is 1.25 bits per heavy atom. The van der Waals surface area contributed by atoms with E-state index in [-0.39, 0.29) is 5.54 Å². The van der Waals surface area contributed by atoms with Gasteiger partial charge < -0.3 is 20.5 Å². The van der Waals surface area contributed by atoms with Gasteiger partial charge in [0.1, 0.15) is 0 Å². The van der Waals surface area contributed by atoms with E-state index in [4.69, 9.17) is 15.2 Å². The molecule has 1 saturated carbocycles. The van der Waals surface area contributed by atoms with Gasteiger partial charge in [-0.15, -0.1) is 0 Å². The normalized spacial score (nSPS) is 17.6. The number of nitrogens with one attached hydrogen (secondary N) is 1. The van der Waals surface area contributed by atoms with E-state index in [0.29, 0.717) is 6.54 Å². The lowest BCUT2D eigenvalue weighted by Crippen LogP contribution is -2.51. The first-order chi connectivity index (χ1) is 9.60. The number of rotatable bonds is 8. The van der Waals surface area contributed by atoms with Gasteiger partial charge in [-0.3, -0.25) is 0 Å². The maximum Gasteiger partial charge on any atom is 0.160 e. The molecule has 20 heavy (non-hydrogen) atoms. The maximum absolute atomic E-state index is 5.97. The van der Waals surface area contributed by atoms with E-state index in [1.165, 1.54) is 18.4 Å². The molecule has 0 saturated heterocycles. The number of nitrogens with two attached hydrogens (primary N) is 1. The van der Waals surface area contributed by atoms with Crippen molar-refractivity contribution in [3.63, 3.8) is 0 Å². The Hall–Kier alpha value is -1.26. The fourth-order valence-corrected chi connectivity index (χ4v) is 2.36. The minimum atomic E-state index is -0.0673. The van der Waals surface area contributed by atoms with Crippen molar-refractivity contribution in [3.8, 4) is 11.5 Å². The molecule has 0 radical (unpaired) electrons. The minimum Gasteiger partial charge on any atom is -0.493 e. The van der Waals surface area contributed by atoms with Crippen molar-refractivity contribution in [2.75, 3.05) is 27.3 Å². The zero-order chi connectivity index (χ0) is 14.6. The number of benzene rings is 1. The molecule has 0 amide bonds. The minimum absolute atomic E-state index is 0.0673. The summed E-state index contributed by atoms with van der Waals surface area (Å²) in [5, 5.41) is 3.63. The Morgan fingerprint density at radius 3 is 2.50 bits per heavy atom. The highest BCUT2D eigenvalue weighted by Gasteiger charge is 2.27. The molecule has 0 aliphatic heterocycles. The van der Waals surface area contributed by atoms with Gasteiger partial charge in [-0.1, -0.05) is 6.07 Å². The predicted molar refractivity (Wildman–Crippen MR) is 81.4 cm³/mol. The molecule has 0 aromatic heterocycles. The van der Waals surface area contributed by atoms with Crippen LogP contribution in [0.1, 0.15) is 25.3 Å². The van der Waals surface area contributed by atoms with Crippen LogP contribution in [0.3, 0.4) is 0 Å². The highest BCUT2D eigenvalue weighted by atomic mass is 16.5. The fourth-order valence-electron chi connectivity index (χ4n) is 2.36. The lowest BCUT2D eigenvalue weighted by Gasteiger charge is -2.30. The van der Waals surface area contributed by atoms with Crippen LogP contribution in [0.25, 0.3) is 0 Å². The number of methoxy groups -OCH3 is 2. The molecule has 1 aliphatic rings. The first-order valence-corrected chi connectivity index (χ1v) is 7.26. The van der Waals surface area contributed by atoms with E-state index in [0.717, 1.165) is 30.4 Å². The van der Waals surface area contributed by atoms with Crippen molar-refractivity contribution in [3.05, 3.63) is 23.8 Å². The van der Waals surface area contributed by atoms with Gasteiger partial charge in [0.05, 0.1) is 14.2 Å². The summed E-state index contributed by atoms with van der Waals surface area (Å²) >= 11 is 0. The number of hydrogen-bond donors (Lipinski definition) is 2. The summed E-state index contributed by atoms with van der Waals surface area (Å²) in [5.74, 6) is 2.38. The summed E-state index contributed by atoms with van der Waals surface area (Å²) in [6, 6.07) is 6.06. The first-order valence-electron chi connectivity index (χ1n) is 7.26. The van der Waals surface area contributed by atoms with E-state index < -0.39 is 0 Å². The van der Waals surface area contributed by atoms with Crippen molar-refractivity contribution in [2.45, 2.75) is 31.7 Å². The molecule has 2 rings (SSSR count). The number of hydrogen-bond acceptors (Lipinski definition) is 4. The van der Waals surface area contributed by atoms with Gasteiger partial charge in [-0.25, -0.2) is 0 Å². The molecule has 1 atom stereocenters. The van der Waals surface area contributed by atoms with Crippen LogP contribution in [0.5, 0.6) is 11.5 Å². The zero-order valence-electron chi connectivity index (χ0n) is 12.7. The van der Waals surface area contributed by atoms with Gasteiger partial charge in [0.25, 0.3) is 0 Å². The average molecular weight is 278 g/mol. The molecule has 3 N–H and O–H groups in total. The molecule has 1 fully saturated rings. The highest BCUT2D eigenvalue weighted by molar-refractivity contribution is 5.43. The maximum atomic E-state index is 5.97. The van der Waals surface area contributed by atoms with Gasteiger partial charge in [0.2, 0.25) is 0 Å². The fraction of sp³-hybridized carbons (Fsp3) is 0.625. The summed E-state index contributed by atoms with van der Waals surface area (Å²) in [4.78, 5) is 0. The van der Waals surface area contributed by atoms with Crippen molar-refractivity contribution in [1.82, 2.24) is 5.32 Å². The Morgan fingerprint density at radius 2 is 1.95 bits per heavy atom. The third-order valence-corrected chi connectivity index (χ3v) is 4.01. The van der Waals surface area contributed by atoms with Gasteiger partial charge in [-0.2, -0.15) is 0 Å². The molecule has 1 aromatic carbocycles. The third-order valence-electron chi connectivity index (χ3n) is 4.01. The number of ether oxygens (including phenoxy) is 2. The van der Waals surface area contributed by atoms with E-state index >= 15 is 0 Å². The molecule has 1 aliphatic carbocycles. The monoisotopic (exact) mass is 278 g/mol. The second-order valence-corrected chi connectivity index (χ2v) is 5.96. The summed E-state index contributed by atoms with van der Waals surface area (Å²) in [6.45, 7) is 3.88. The molecule has 0 bridgehead atoms. The Kier molecular flexibility index (Phi) is 4.89. The standard InChI is InChI=1S/C16H26N2O2/c1-16(11-17,18-10-12-4-5-12)9-13-6-7-14(19-2)15(8-13)20-3/h6-8,12,18H,4-5,9-11,17H2,1-3H3. The second-order valence-electron chi connectivity index (χ2n) is 5.96. The van der Waals surface area contributed by atoms with Gasteiger partial charge in [-0.05, 0) is 56.3 Å². The molecule has 4 nitrogen and oxygen atoms in total. The van der Waals surface area contributed by atoms with Crippen molar-refractivity contribution in [1.29, 1.82) is 0 Å². The van der Waals surface area contributed by atoms with Crippen LogP contribution in [-0.2, 0) is 6.42 Å². The second kappa shape index (κ2) is 6.46. The van der Waals surface area contributed by atoms with E-state index in [9.17, 15) is 0 Å². The molecule has 0 spiro atoms. The summed E-state index contributed by atoms with van der Waals surface area (Å²) in [5.41, 5.74) is 7.11. The lowest BCUT2D eigenvalue weighted by atomic mass is 9.92. The van der Waals surface area contributed by atoms with Crippen molar-refractivity contribution < 1.29 is 9.47 Å². The van der Waals surface area contributed by atoms with Crippen LogP contribution in [0.15, 0.2) is 18.2 Å². The molecule has 112 valence electrons. The molecule has 0 heterocycles. The van der Waals surface area contributed by atoms with Crippen molar-refractivity contribution in [2.24, 2.45) is 11.7 Å². The van der Waals surface area contributed by atoms with Crippen LogP contribution in [0.2, 0.25) is 0 Å². The summed E-state index contributed by atoms with van der Waals surface area (Å²) in [6.07, 6.45) is 3.59. The van der Waals surface area contributed by atoms with Gasteiger partial charge >= 0.3 is 0 Å². The highest BCUT2D eigenvalue weighted by Crippen LogP contribution is 2.30. The van der Waals surface area contributed by atoms with Gasteiger partial charge in [0.15, 0.2) is 11.5 Å². The smallest absolute Gasteiger partial charge is 0.160 e. The Bertz CT molecular complexity index is 446. The topological polar surface area (TPSA) is 56.5 Å². The van der Waals surface area contributed by atoms with Crippen LogP contribution in [0.4, 0.5) is 0 Å².